The van der Waals surface area contributed by atoms with Crippen molar-refractivity contribution in [3.05, 3.63) is 47.6 Å². The van der Waals surface area contributed by atoms with Crippen LogP contribution in [0.25, 0.3) is 0 Å². The van der Waals surface area contributed by atoms with Gasteiger partial charge < -0.3 is 0 Å². The molecule has 0 saturated heterocycles. The minimum Gasteiger partial charge on any atom is -0.293 e. The van der Waals surface area contributed by atoms with Gasteiger partial charge in [-0.3, -0.25) is 4.79 Å². The molecular weight excluding hydrogens is 276 g/mol. The molecule has 0 aromatic carbocycles. The average Bonchev–Trinajstić information content (AvgIpc) is 2.65. The van der Waals surface area contributed by atoms with Crippen LogP contribution in [0.15, 0.2) is 47.6 Å². The van der Waals surface area contributed by atoms with E-state index in [1.807, 2.05) is 26.0 Å². The first-order chi connectivity index (χ1) is 8.33. The van der Waals surface area contributed by atoms with E-state index in [2.05, 4.69) is 40.2 Å². The Balaban J connectivity index is 0.000000686. The molecule has 0 heterocycles. The van der Waals surface area contributed by atoms with Crippen molar-refractivity contribution in [2.45, 2.75) is 26.7 Å². The fraction of sp³-hybridized carbons (Fsp3) is 0.400. The van der Waals surface area contributed by atoms with Crippen LogP contribution in [0.5, 0.6) is 0 Å². The van der Waals surface area contributed by atoms with Crippen molar-refractivity contribution in [1.29, 1.82) is 0 Å². The van der Waals surface area contributed by atoms with Gasteiger partial charge >= 0.3 is 0 Å². The molecule has 0 aromatic rings. The highest BCUT2D eigenvalue weighted by Crippen LogP contribution is 2.31. The van der Waals surface area contributed by atoms with E-state index < -0.39 is 0 Å². The molecule has 0 radical (unpaired) electrons. The molecule has 2 aliphatic rings. The van der Waals surface area contributed by atoms with E-state index in [1.165, 1.54) is 5.57 Å². The first-order valence-electron chi connectivity index (χ1n) is 6.17. The Labute approximate surface area is 112 Å². The lowest BCUT2D eigenvalue weighted by Gasteiger charge is -2.20. The van der Waals surface area contributed by atoms with Crippen molar-refractivity contribution in [2.75, 3.05) is 5.33 Å². The van der Waals surface area contributed by atoms with Crippen molar-refractivity contribution < 1.29 is 4.79 Å². The molecule has 92 valence electrons. The summed E-state index contributed by atoms with van der Waals surface area (Å²) in [6, 6.07) is 0. The van der Waals surface area contributed by atoms with E-state index in [-0.39, 0.29) is 5.78 Å². The molecule has 0 fully saturated rings. The zero-order valence-corrected chi connectivity index (χ0v) is 12.0. The first-order valence-corrected chi connectivity index (χ1v) is 7.30. The van der Waals surface area contributed by atoms with E-state index >= 15 is 0 Å². The van der Waals surface area contributed by atoms with E-state index in [0.29, 0.717) is 11.2 Å². The second-order valence-corrected chi connectivity index (χ2v) is 4.32. The van der Waals surface area contributed by atoms with Gasteiger partial charge in [0.25, 0.3) is 0 Å². The minimum atomic E-state index is 0.172. The Morgan fingerprint density at radius 2 is 2.12 bits per heavy atom. The molecule has 0 saturated carbocycles. The predicted molar refractivity (Wildman–Crippen MR) is 77.3 cm³/mol. The summed E-state index contributed by atoms with van der Waals surface area (Å²) in [5, 5.41) is 0.403. The number of alkyl halides is 1. The monoisotopic (exact) mass is 294 g/mol. The highest BCUT2D eigenvalue weighted by Gasteiger charge is 2.22. The third-order valence-corrected chi connectivity index (χ3v) is 3.30. The van der Waals surface area contributed by atoms with Crippen LogP contribution in [0.2, 0.25) is 0 Å². The van der Waals surface area contributed by atoms with Crippen molar-refractivity contribution >= 4 is 21.7 Å². The van der Waals surface area contributed by atoms with Gasteiger partial charge in [0.1, 0.15) is 0 Å². The Hall–Kier alpha value is -0.890. The Kier molecular flexibility index (Phi) is 6.20. The van der Waals surface area contributed by atoms with Crippen molar-refractivity contribution in [3.8, 4) is 0 Å². The van der Waals surface area contributed by atoms with Gasteiger partial charge in [0.15, 0.2) is 5.78 Å². The summed E-state index contributed by atoms with van der Waals surface area (Å²) in [6.07, 6.45) is 14.6. The van der Waals surface area contributed by atoms with Gasteiger partial charge in [-0.1, -0.05) is 66.2 Å². The summed E-state index contributed by atoms with van der Waals surface area (Å²) in [4.78, 5) is 11.7. The van der Waals surface area contributed by atoms with E-state index in [9.17, 15) is 4.79 Å². The smallest absolute Gasteiger partial charge is 0.173 e. The van der Waals surface area contributed by atoms with Crippen LogP contribution in [-0.2, 0) is 4.79 Å². The van der Waals surface area contributed by atoms with Gasteiger partial charge in [-0.05, 0) is 18.4 Å². The number of rotatable bonds is 2. The number of allylic oxidation sites excluding steroid dienone is 8. The number of Topliss-reactive ketones (excluding diaryl/α,β-unsaturated/α-hetero) is 1. The maximum absolute atomic E-state index is 11.7. The standard InChI is InChI=1S/C13H13BrO.C2H6/c14-9-13(15)12-8-4-6-10-5-2-1-3-7-11(10)12;1-2/h1,3-4,6-8,10H,2,5,9H2;1-2H3. The summed E-state index contributed by atoms with van der Waals surface area (Å²) < 4.78 is 0. The summed E-state index contributed by atoms with van der Waals surface area (Å²) in [5.74, 6) is 0.592. The predicted octanol–water partition coefficient (Wildman–Crippen LogP) is 4.37. The van der Waals surface area contributed by atoms with Crippen molar-refractivity contribution in [3.63, 3.8) is 0 Å². The number of hydrogen-bond acceptors (Lipinski definition) is 1. The fourth-order valence-electron chi connectivity index (χ4n) is 2.02. The second kappa shape index (κ2) is 7.44. The average molecular weight is 295 g/mol. The zero-order valence-electron chi connectivity index (χ0n) is 10.4. The van der Waals surface area contributed by atoms with Crippen LogP contribution in [0.1, 0.15) is 26.7 Å². The van der Waals surface area contributed by atoms with Gasteiger partial charge in [-0.15, -0.1) is 0 Å². The summed E-state index contributed by atoms with van der Waals surface area (Å²) in [6.45, 7) is 4.00. The van der Waals surface area contributed by atoms with Gasteiger partial charge in [-0.2, -0.15) is 0 Å². The number of halogens is 1. The fourth-order valence-corrected chi connectivity index (χ4v) is 2.32. The molecule has 0 aromatic heterocycles. The number of carbonyl (C=O) groups is 1. The molecule has 17 heavy (non-hydrogen) atoms. The number of ketones is 1. The molecule has 1 unspecified atom stereocenters. The lowest BCUT2D eigenvalue weighted by Crippen LogP contribution is -2.14. The van der Waals surface area contributed by atoms with Crippen LogP contribution in [0.4, 0.5) is 0 Å². The highest BCUT2D eigenvalue weighted by molar-refractivity contribution is 9.09. The lowest BCUT2D eigenvalue weighted by molar-refractivity contribution is -0.113. The van der Waals surface area contributed by atoms with Gasteiger partial charge in [0.05, 0.1) is 5.33 Å². The number of hydrogen-bond donors (Lipinski definition) is 0. The molecule has 1 atom stereocenters. The van der Waals surface area contributed by atoms with Crippen LogP contribution in [0, 0.1) is 5.92 Å². The van der Waals surface area contributed by atoms with Crippen molar-refractivity contribution in [1.82, 2.24) is 0 Å². The molecule has 1 nitrogen and oxygen atoms in total. The summed E-state index contributed by atoms with van der Waals surface area (Å²) >= 11 is 3.23. The third kappa shape index (κ3) is 3.53. The van der Waals surface area contributed by atoms with Gasteiger partial charge in [0.2, 0.25) is 0 Å². The maximum atomic E-state index is 11.7. The van der Waals surface area contributed by atoms with E-state index in [1.54, 1.807) is 0 Å². The molecule has 0 bridgehead atoms. The van der Waals surface area contributed by atoms with Gasteiger partial charge in [-0.25, -0.2) is 0 Å². The largest absolute Gasteiger partial charge is 0.293 e. The summed E-state index contributed by atoms with van der Waals surface area (Å²) in [5.41, 5.74) is 2.04. The third-order valence-electron chi connectivity index (χ3n) is 2.79. The molecule has 0 N–H and O–H groups in total. The molecule has 2 heteroatoms. The van der Waals surface area contributed by atoms with Crippen LogP contribution < -0.4 is 0 Å². The molecule has 0 amide bonds. The lowest BCUT2D eigenvalue weighted by atomic mass is 9.84. The Morgan fingerprint density at radius 1 is 1.35 bits per heavy atom. The summed E-state index contributed by atoms with van der Waals surface area (Å²) in [7, 11) is 0. The molecule has 2 rings (SSSR count). The Morgan fingerprint density at radius 3 is 2.82 bits per heavy atom. The molecular formula is C15H19BrO. The molecule has 0 spiro atoms. The number of carbonyl (C=O) groups excluding carboxylic acids is 1. The first kappa shape index (κ1) is 14.2. The van der Waals surface area contributed by atoms with Gasteiger partial charge in [0, 0.05) is 11.5 Å². The van der Waals surface area contributed by atoms with Crippen LogP contribution >= 0.6 is 15.9 Å². The van der Waals surface area contributed by atoms with E-state index in [0.717, 1.165) is 18.4 Å². The number of fused-ring (bicyclic) bond motifs is 1. The van der Waals surface area contributed by atoms with E-state index in [4.69, 9.17) is 0 Å². The minimum absolute atomic E-state index is 0.172. The second-order valence-electron chi connectivity index (χ2n) is 3.76. The molecule has 2 aliphatic carbocycles. The quantitative estimate of drug-likeness (QED) is 0.692. The topological polar surface area (TPSA) is 17.1 Å². The highest BCUT2D eigenvalue weighted by atomic mass is 79.9. The van der Waals surface area contributed by atoms with Crippen LogP contribution in [-0.4, -0.2) is 11.1 Å². The SMILES string of the molecule is CC.O=C(CBr)C1=CC=CC2CCC=CC=C12. The zero-order chi connectivity index (χ0) is 12.7. The molecule has 0 aliphatic heterocycles. The van der Waals surface area contributed by atoms with Crippen molar-refractivity contribution in [2.24, 2.45) is 5.92 Å². The Bertz CT molecular complexity index is 386. The normalized spacial score (nSPS) is 21.5. The van der Waals surface area contributed by atoms with Crippen LogP contribution in [0.3, 0.4) is 0 Å². The maximum Gasteiger partial charge on any atom is 0.173 e.